The van der Waals surface area contributed by atoms with Crippen LogP contribution in [0.2, 0.25) is 0 Å². The Morgan fingerprint density at radius 1 is 1.22 bits per heavy atom. The first-order chi connectivity index (χ1) is 8.72. The Hall–Kier alpha value is -1.35. The first kappa shape index (κ1) is 11.7. The Labute approximate surface area is 108 Å². The van der Waals surface area contributed by atoms with Gasteiger partial charge in [-0.2, -0.15) is 0 Å². The zero-order valence-electron chi connectivity index (χ0n) is 10.8. The van der Waals surface area contributed by atoms with Crippen LogP contribution in [-0.2, 0) is 6.42 Å². The molecule has 0 atom stereocenters. The number of fused-ring (bicyclic) bond motifs is 1. The fourth-order valence-electron chi connectivity index (χ4n) is 3.31. The van der Waals surface area contributed by atoms with Crippen molar-refractivity contribution in [2.75, 3.05) is 20.2 Å². The maximum atomic E-state index is 12.4. The number of hydrogen-bond acceptors (Lipinski definition) is 3. The molecule has 1 aliphatic heterocycles. The highest BCUT2D eigenvalue weighted by atomic mass is 16.5. The van der Waals surface area contributed by atoms with Crippen LogP contribution < -0.4 is 10.1 Å². The van der Waals surface area contributed by atoms with Crippen molar-refractivity contribution >= 4 is 5.78 Å². The maximum absolute atomic E-state index is 12.4. The van der Waals surface area contributed by atoms with E-state index < -0.39 is 0 Å². The predicted octanol–water partition coefficient (Wildman–Crippen LogP) is 2.19. The Bertz CT molecular complexity index is 475. The molecule has 0 amide bonds. The van der Waals surface area contributed by atoms with Gasteiger partial charge >= 0.3 is 0 Å². The molecule has 96 valence electrons. The molecule has 0 saturated carbocycles. The number of rotatable bonds is 1. The summed E-state index contributed by atoms with van der Waals surface area (Å²) in [5.41, 5.74) is 2.29. The minimum atomic E-state index is 0.212. The Morgan fingerprint density at radius 2 is 2.00 bits per heavy atom. The normalized spacial score (nSPS) is 21.7. The second-order valence-corrected chi connectivity index (χ2v) is 5.55. The van der Waals surface area contributed by atoms with Crippen molar-refractivity contribution in [2.24, 2.45) is 5.41 Å². The number of piperidine rings is 1. The van der Waals surface area contributed by atoms with Gasteiger partial charge in [-0.25, -0.2) is 0 Å². The molecule has 1 spiro atoms. The third kappa shape index (κ3) is 1.93. The van der Waals surface area contributed by atoms with Gasteiger partial charge < -0.3 is 10.1 Å². The highest BCUT2D eigenvalue weighted by Gasteiger charge is 2.39. The topological polar surface area (TPSA) is 38.3 Å². The van der Waals surface area contributed by atoms with E-state index in [4.69, 9.17) is 4.74 Å². The van der Waals surface area contributed by atoms with Crippen LogP contribution >= 0.6 is 0 Å². The van der Waals surface area contributed by atoms with Crippen LogP contribution in [0.25, 0.3) is 0 Å². The average molecular weight is 245 g/mol. The summed E-state index contributed by atoms with van der Waals surface area (Å²) >= 11 is 0. The van der Waals surface area contributed by atoms with E-state index >= 15 is 0 Å². The molecule has 3 nitrogen and oxygen atoms in total. The highest BCUT2D eigenvalue weighted by molar-refractivity contribution is 5.99. The number of hydrogen-bond donors (Lipinski definition) is 1. The Balaban J connectivity index is 1.95. The minimum absolute atomic E-state index is 0.212. The van der Waals surface area contributed by atoms with Crippen LogP contribution in [0, 0.1) is 5.41 Å². The second-order valence-electron chi connectivity index (χ2n) is 5.55. The summed E-state index contributed by atoms with van der Waals surface area (Å²) in [6.07, 6.45) is 3.98. The molecule has 1 fully saturated rings. The lowest BCUT2D eigenvalue weighted by atomic mass is 9.66. The van der Waals surface area contributed by atoms with Crippen molar-refractivity contribution in [3.63, 3.8) is 0 Å². The molecule has 18 heavy (non-hydrogen) atoms. The third-order valence-electron chi connectivity index (χ3n) is 4.38. The van der Waals surface area contributed by atoms with E-state index in [0.29, 0.717) is 6.42 Å². The summed E-state index contributed by atoms with van der Waals surface area (Å²) in [5, 5.41) is 3.38. The summed E-state index contributed by atoms with van der Waals surface area (Å²) in [7, 11) is 1.64. The molecule has 1 N–H and O–H groups in total. The van der Waals surface area contributed by atoms with E-state index in [2.05, 4.69) is 11.4 Å². The van der Waals surface area contributed by atoms with Gasteiger partial charge in [-0.1, -0.05) is 6.07 Å². The molecular weight excluding hydrogens is 226 g/mol. The molecule has 3 heteroatoms. The standard InChI is InChI=1S/C15H19NO2/c1-18-12-3-2-11-9-15(4-6-16-7-5-15)10-14(17)13(11)8-12/h2-3,8,16H,4-7,9-10H2,1H3. The molecule has 0 aromatic heterocycles. The summed E-state index contributed by atoms with van der Waals surface area (Å²) in [4.78, 5) is 12.4. The SMILES string of the molecule is COc1ccc2c(c1)C(=O)CC1(CCNCC1)C2. The number of carbonyl (C=O) groups is 1. The maximum Gasteiger partial charge on any atom is 0.163 e. The second kappa shape index (κ2) is 4.39. The third-order valence-corrected chi connectivity index (χ3v) is 4.38. The van der Waals surface area contributed by atoms with E-state index in [0.717, 1.165) is 43.7 Å². The molecule has 0 unspecified atom stereocenters. The number of ketones is 1. The van der Waals surface area contributed by atoms with Gasteiger partial charge in [-0.15, -0.1) is 0 Å². The summed E-state index contributed by atoms with van der Waals surface area (Å²) in [5.74, 6) is 1.07. The van der Waals surface area contributed by atoms with Gasteiger partial charge in [0.05, 0.1) is 7.11 Å². The highest BCUT2D eigenvalue weighted by Crippen LogP contribution is 2.42. The molecule has 2 aliphatic rings. The molecule has 1 aromatic rings. The van der Waals surface area contributed by atoms with Crippen molar-refractivity contribution in [3.8, 4) is 5.75 Å². The van der Waals surface area contributed by atoms with E-state index in [1.54, 1.807) is 7.11 Å². The monoisotopic (exact) mass is 245 g/mol. The van der Waals surface area contributed by atoms with Crippen molar-refractivity contribution < 1.29 is 9.53 Å². The molecule has 1 aromatic carbocycles. The van der Waals surface area contributed by atoms with Gasteiger partial charge in [0.25, 0.3) is 0 Å². The molecule has 0 bridgehead atoms. The smallest absolute Gasteiger partial charge is 0.163 e. The fraction of sp³-hybridized carbons (Fsp3) is 0.533. The van der Waals surface area contributed by atoms with Crippen LogP contribution in [0.5, 0.6) is 5.75 Å². The predicted molar refractivity (Wildman–Crippen MR) is 70.2 cm³/mol. The Kier molecular flexibility index (Phi) is 2.86. The van der Waals surface area contributed by atoms with Crippen LogP contribution in [-0.4, -0.2) is 26.0 Å². The molecule has 1 aliphatic carbocycles. The van der Waals surface area contributed by atoms with Gasteiger partial charge in [0.2, 0.25) is 0 Å². The lowest BCUT2D eigenvalue weighted by Gasteiger charge is -2.40. The fourth-order valence-corrected chi connectivity index (χ4v) is 3.31. The van der Waals surface area contributed by atoms with Crippen LogP contribution in [0.1, 0.15) is 35.2 Å². The van der Waals surface area contributed by atoms with E-state index in [1.807, 2.05) is 12.1 Å². The molecular formula is C15H19NO2. The minimum Gasteiger partial charge on any atom is -0.497 e. The van der Waals surface area contributed by atoms with Gasteiger partial charge in [0.1, 0.15) is 5.75 Å². The lowest BCUT2D eigenvalue weighted by Crippen LogP contribution is -2.42. The summed E-state index contributed by atoms with van der Waals surface area (Å²) < 4.78 is 5.20. The first-order valence-electron chi connectivity index (χ1n) is 6.63. The molecule has 0 radical (unpaired) electrons. The van der Waals surface area contributed by atoms with Gasteiger partial charge in [-0.3, -0.25) is 4.79 Å². The van der Waals surface area contributed by atoms with Crippen molar-refractivity contribution in [2.45, 2.75) is 25.7 Å². The summed E-state index contributed by atoms with van der Waals surface area (Å²) in [6.45, 7) is 2.08. The molecule has 1 saturated heterocycles. The van der Waals surface area contributed by atoms with Crippen molar-refractivity contribution in [1.82, 2.24) is 5.32 Å². The van der Waals surface area contributed by atoms with Crippen LogP contribution in [0.3, 0.4) is 0 Å². The number of nitrogens with one attached hydrogen (secondary N) is 1. The lowest BCUT2D eigenvalue weighted by molar-refractivity contribution is 0.0835. The summed E-state index contributed by atoms with van der Waals surface area (Å²) in [6, 6.07) is 5.92. The number of carbonyl (C=O) groups excluding carboxylic acids is 1. The van der Waals surface area contributed by atoms with Crippen LogP contribution in [0.4, 0.5) is 0 Å². The number of Topliss-reactive ketones (excluding diaryl/α,β-unsaturated/α-hetero) is 1. The molecule has 3 rings (SSSR count). The number of ether oxygens (including phenoxy) is 1. The van der Waals surface area contributed by atoms with Crippen LogP contribution in [0.15, 0.2) is 18.2 Å². The first-order valence-corrected chi connectivity index (χ1v) is 6.63. The number of methoxy groups -OCH3 is 1. The largest absolute Gasteiger partial charge is 0.497 e. The van der Waals surface area contributed by atoms with E-state index in [1.165, 1.54) is 5.56 Å². The van der Waals surface area contributed by atoms with E-state index in [-0.39, 0.29) is 11.2 Å². The van der Waals surface area contributed by atoms with Gasteiger partial charge in [-0.05, 0) is 55.5 Å². The van der Waals surface area contributed by atoms with Crippen molar-refractivity contribution in [1.29, 1.82) is 0 Å². The quantitative estimate of drug-likeness (QED) is 0.824. The van der Waals surface area contributed by atoms with Gasteiger partial charge in [0.15, 0.2) is 5.78 Å². The number of benzene rings is 1. The van der Waals surface area contributed by atoms with Crippen molar-refractivity contribution in [3.05, 3.63) is 29.3 Å². The van der Waals surface area contributed by atoms with Gasteiger partial charge in [0, 0.05) is 12.0 Å². The zero-order valence-corrected chi connectivity index (χ0v) is 10.8. The Morgan fingerprint density at radius 3 is 2.72 bits per heavy atom. The molecule has 1 heterocycles. The average Bonchev–Trinajstić information content (AvgIpc) is 2.39. The zero-order chi connectivity index (χ0) is 12.6. The van der Waals surface area contributed by atoms with E-state index in [9.17, 15) is 4.79 Å².